The van der Waals surface area contributed by atoms with Crippen LogP contribution in [0.25, 0.3) is 11.0 Å². The Morgan fingerprint density at radius 1 is 1.10 bits per heavy atom. The second-order valence-corrected chi connectivity index (χ2v) is 5.02. The van der Waals surface area contributed by atoms with Gasteiger partial charge in [-0.25, -0.2) is 0 Å². The van der Waals surface area contributed by atoms with Crippen LogP contribution in [0.2, 0.25) is 0 Å². The lowest BCUT2D eigenvalue weighted by Crippen LogP contribution is -1.92. The van der Waals surface area contributed by atoms with Crippen LogP contribution in [0, 0.1) is 6.92 Å². The molecule has 3 nitrogen and oxygen atoms in total. The zero-order valence-corrected chi connectivity index (χ0v) is 12.3. The maximum atomic E-state index is 5.85. The Labute approximate surface area is 124 Å². The van der Waals surface area contributed by atoms with Gasteiger partial charge in [0.05, 0.1) is 11.9 Å². The lowest BCUT2D eigenvalue weighted by atomic mass is 10.1. The van der Waals surface area contributed by atoms with E-state index >= 15 is 0 Å². The van der Waals surface area contributed by atoms with Crippen molar-refractivity contribution in [1.29, 1.82) is 0 Å². The van der Waals surface area contributed by atoms with Gasteiger partial charge in [-0.2, -0.15) is 5.10 Å². The summed E-state index contributed by atoms with van der Waals surface area (Å²) in [5, 5.41) is 5.44. The monoisotopic (exact) mass is 278 g/mol. The predicted octanol–water partition coefficient (Wildman–Crippen LogP) is 4.75. The molecule has 0 amide bonds. The largest absolute Gasteiger partial charge is 0.460 e. The van der Waals surface area contributed by atoms with Gasteiger partial charge in [0.15, 0.2) is 0 Å². The molecule has 0 spiro atoms. The predicted molar refractivity (Wildman–Crippen MR) is 88.0 cm³/mol. The van der Waals surface area contributed by atoms with E-state index < -0.39 is 0 Å². The topological polar surface area (TPSA) is 37.5 Å². The van der Waals surface area contributed by atoms with Gasteiger partial charge in [0, 0.05) is 17.4 Å². The highest BCUT2D eigenvalue weighted by Crippen LogP contribution is 2.24. The number of hydrogen-bond acceptors (Lipinski definition) is 3. The molecule has 3 rings (SSSR count). The summed E-state index contributed by atoms with van der Waals surface area (Å²) >= 11 is 0. The minimum atomic E-state index is 0.848. The third-order valence-electron chi connectivity index (χ3n) is 3.47. The number of aryl methyl sites for hydroxylation is 2. The van der Waals surface area contributed by atoms with Crippen LogP contribution in [0.1, 0.15) is 23.8 Å². The summed E-state index contributed by atoms with van der Waals surface area (Å²) in [7, 11) is 0. The molecule has 0 fully saturated rings. The van der Waals surface area contributed by atoms with E-state index in [0.717, 1.165) is 34.4 Å². The molecule has 0 aliphatic rings. The summed E-state index contributed by atoms with van der Waals surface area (Å²) in [5.41, 5.74) is 7.22. The summed E-state index contributed by atoms with van der Waals surface area (Å²) in [4.78, 5) is 0. The number of benzene rings is 2. The van der Waals surface area contributed by atoms with E-state index in [1.165, 1.54) is 5.56 Å². The lowest BCUT2D eigenvalue weighted by Gasteiger charge is -2.00. The van der Waals surface area contributed by atoms with E-state index in [1.54, 1.807) is 0 Å². The second kappa shape index (κ2) is 5.83. The molecule has 1 heterocycles. The molecule has 0 aliphatic heterocycles. The third-order valence-corrected chi connectivity index (χ3v) is 3.47. The molecule has 0 saturated heterocycles. The highest BCUT2D eigenvalue weighted by molar-refractivity contribution is 5.99. The molecule has 0 unspecified atom stereocenters. The van der Waals surface area contributed by atoms with Crippen molar-refractivity contribution in [3.05, 3.63) is 65.4 Å². The van der Waals surface area contributed by atoms with Crippen molar-refractivity contribution >= 4 is 22.9 Å². The van der Waals surface area contributed by atoms with Gasteiger partial charge in [-0.3, -0.25) is 5.43 Å². The fraction of sp³-hybridized carbons (Fsp3) is 0.167. The van der Waals surface area contributed by atoms with Crippen LogP contribution in [0.15, 0.2) is 58.0 Å². The van der Waals surface area contributed by atoms with Gasteiger partial charge in [-0.1, -0.05) is 42.8 Å². The Morgan fingerprint density at radius 2 is 1.86 bits per heavy atom. The zero-order valence-electron chi connectivity index (χ0n) is 12.3. The Hall–Kier alpha value is -2.55. The molecular weight excluding hydrogens is 260 g/mol. The first-order valence-electron chi connectivity index (χ1n) is 7.14. The summed E-state index contributed by atoms with van der Waals surface area (Å²) in [6.07, 6.45) is 2.69. The molecule has 3 aromatic rings. The van der Waals surface area contributed by atoms with Gasteiger partial charge in [0.2, 0.25) is 0 Å². The van der Waals surface area contributed by atoms with E-state index in [9.17, 15) is 0 Å². The Kier molecular flexibility index (Phi) is 3.73. The highest BCUT2D eigenvalue weighted by atomic mass is 16.3. The first-order valence-corrected chi connectivity index (χ1v) is 7.14. The van der Waals surface area contributed by atoms with Gasteiger partial charge in [0.1, 0.15) is 11.3 Å². The second-order valence-electron chi connectivity index (χ2n) is 5.02. The van der Waals surface area contributed by atoms with Crippen molar-refractivity contribution < 1.29 is 4.42 Å². The number of fused-ring (bicyclic) bond motifs is 1. The highest BCUT2D eigenvalue weighted by Gasteiger charge is 2.10. The molecule has 0 radical (unpaired) electrons. The van der Waals surface area contributed by atoms with E-state index in [4.69, 9.17) is 4.42 Å². The fourth-order valence-electron chi connectivity index (χ4n) is 2.32. The van der Waals surface area contributed by atoms with Crippen LogP contribution >= 0.6 is 0 Å². The number of nitrogens with one attached hydrogen (secondary N) is 1. The van der Waals surface area contributed by atoms with Crippen LogP contribution in [-0.2, 0) is 6.42 Å². The molecular formula is C18H18N2O. The Bertz CT molecular complexity index is 770. The number of nitrogens with zero attached hydrogens (tertiary/aromatic N) is 1. The van der Waals surface area contributed by atoms with Crippen molar-refractivity contribution in [2.45, 2.75) is 20.3 Å². The van der Waals surface area contributed by atoms with Gasteiger partial charge >= 0.3 is 0 Å². The normalized spacial score (nSPS) is 11.3. The van der Waals surface area contributed by atoms with E-state index in [0.29, 0.717) is 0 Å². The molecule has 0 bridgehead atoms. The fourth-order valence-corrected chi connectivity index (χ4v) is 2.32. The van der Waals surface area contributed by atoms with Crippen molar-refractivity contribution in [2.75, 3.05) is 5.43 Å². The molecule has 21 heavy (non-hydrogen) atoms. The van der Waals surface area contributed by atoms with Gasteiger partial charge < -0.3 is 4.42 Å². The van der Waals surface area contributed by atoms with Crippen molar-refractivity contribution in [2.24, 2.45) is 5.10 Å². The van der Waals surface area contributed by atoms with Crippen LogP contribution in [-0.4, -0.2) is 6.21 Å². The molecule has 106 valence electrons. The van der Waals surface area contributed by atoms with Gasteiger partial charge in [-0.05, 0) is 25.1 Å². The van der Waals surface area contributed by atoms with Crippen molar-refractivity contribution in [3.63, 3.8) is 0 Å². The van der Waals surface area contributed by atoms with Crippen molar-refractivity contribution in [3.8, 4) is 0 Å². The summed E-state index contributed by atoms with van der Waals surface area (Å²) in [6.45, 7) is 4.15. The quantitative estimate of drug-likeness (QED) is 0.552. The van der Waals surface area contributed by atoms with Crippen molar-refractivity contribution in [1.82, 2.24) is 0 Å². The van der Waals surface area contributed by atoms with E-state index in [2.05, 4.69) is 42.6 Å². The third kappa shape index (κ3) is 2.82. The molecule has 0 aliphatic carbocycles. The smallest absolute Gasteiger partial charge is 0.134 e. The number of para-hydroxylation sites is 1. The number of rotatable bonds is 4. The van der Waals surface area contributed by atoms with Gasteiger partial charge in [0.25, 0.3) is 0 Å². The average molecular weight is 278 g/mol. The molecule has 1 aromatic heterocycles. The first-order chi connectivity index (χ1) is 10.3. The molecule has 2 aromatic carbocycles. The average Bonchev–Trinajstić information content (AvgIpc) is 2.87. The first kappa shape index (κ1) is 13.4. The van der Waals surface area contributed by atoms with Gasteiger partial charge in [-0.15, -0.1) is 0 Å². The number of furan rings is 1. The Balaban J connectivity index is 1.86. The summed E-state index contributed by atoms with van der Waals surface area (Å²) < 4.78 is 5.85. The standard InChI is InChI=1S/C18H18N2O/c1-3-17-16(15-6-4-5-7-18(15)21-17)12-19-20-14-10-8-13(2)9-11-14/h4-12,20H,3H2,1-2H3/b19-12-. The van der Waals surface area contributed by atoms with Crippen LogP contribution in [0.3, 0.4) is 0 Å². The van der Waals surface area contributed by atoms with Crippen LogP contribution < -0.4 is 5.43 Å². The maximum Gasteiger partial charge on any atom is 0.134 e. The molecule has 0 saturated carbocycles. The van der Waals surface area contributed by atoms with Crippen LogP contribution in [0.5, 0.6) is 0 Å². The van der Waals surface area contributed by atoms with E-state index in [1.807, 2.05) is 36.5 Å². The van der Waals surface area contributed by atoms with E-state index in [-0.39, 0.29) is 0 Å². The minimum Gasteiger partial charge on any atom is -0.460 e. The molecule has 3 heteroatoms. The number of hydrogen-bond donors (Lipinski definition) is 1. The SMILES string of the molecule is CCc1oc2ccccc2c1/C=N\Nc1ccc(C)cc1. The number of anilines is 1. The summed E-state index contributed by atoms with van der Waals surface area (Å²) in [5.74, 6) is 0.964. The maximum absolute atomic E-state index is 5.85. The minimum absolute atomic E-state index is 0.848. The molecule has 1 N–H and O–H groups in total. The van der Waals surface area contributed by atoms with Crippen LogP contribution in [0.4, 0.5) is 5.69 Å². The molecule has 0 atom stereocenters. The lowest BCUT2D eigenvalue weighted by molar-refractivity contribution is 0.556. The zero-order chi connectivity index (χ0) is 14.7. The number of hydrazone groups is 1. The summed E-state index contributed by atoms with van der Waals surface area (Å²) in [6, 6.07) is 16.2. The Morgan fingerprint density at radius 3 is 2.62 bits per heavy atom.